The first kappa shape index (κ1) is 16.7. The second-order valence-corrected chi connectivity index (χ2v) is 6.77. The fourth-order valence-electron chi connectivity index (χ4n) is 4.00. The summed E-state index contributed by atoms with van der Waals surface area (Å²) in [6, 6.07) is 2.16. The zero-order valence-electron chi connectivity index (χ0n) is 13.4. The Hall–Kier alpha value is -2.18. The zero-order chi connectivity index (χ0) is 17.5. The van der Waals surface area contributed by atoms with Crippen LogP contribution in [0.3, 0.4) is 0 Å². The van der Waals surface area contributed by atoms with Crippen LogP contribution in [0.4, 0.5) is 13.6 Å². The molecule has 2 fully saturated rings. The van der Waals surface area contributed by atoms with Gasteiger partial charge in [0.15, 0.2) is 0 Å². The van der Waals surface area contributed by atoms with Crippen molar-refractivity contribution in [3.8, 4) is 0 Å². The number of rotatable bonds is 3. The van der Waals surface area contributed by atoms with Crippen molar-refractivity contribution in [2.45, 2.75) is 32.2 Å². The molecule has 1 aliphatic heterocycles. The van der Waals surface area contributed by atoms with Crippen molar-refractivity contribution in [3.05, 3.63) is 35.4 Å². The molecule has 5 nitrogen and oxygen atoms in total. The summed E-state index contributed by atoms with van der Waals surface area (Å²) in [6.07, 6.45) is 2.25. The van der Waals surface area contributed by atoms with E-state index in [2.05, 4.69) is 5.32 Å². The summed E-state index contributed by atoms with van der Waals surface area (Å²) in [5, 5.41) is 12.2. The Morgan fingerprint density at radius 1 is 1.42 bits per heavy atom. The Balaban J connectivity index is 1.69. The molecule has 0 spiro atoms. The highest BCUT2D eigenvalue weighted by Gasteiger charge is 2.55. The maximum absolute atomic E-state index is 13.8. The number of nitrogens with one attached hydrogen (secondary N) is 1. The van der Waals surface area contributed by atoms with E-state index >= 15 is 0 Å². The number of carboxylic acid groups (broad SMARTS) is 1. The van der Waals surface area contributed by atoms with Crippen LogP contribution >= 0.6 is 0 Å². The normalized spacial score (nSPS) is 27.0. The van der Waals surface area contributed by atoms with Gasteiger partial charge in [-0.05, 0) is 31.7 Å². The van der Waals surface area contributed by atoms with Gasteiger partial charge in [-0.3, -0.25) is 4.79 Å². The summed E-state index contributed by atoms with van der Waals surface area (Å²) in [6.45, 7) is 2.19. The van der Waals surface area contributed by atoms with Crippen molar-refractivity contribution in [3.63, 3.8) is 0 Å². The molecule has 1 saturated carbocycles. The fourth-order valence-corrected chi connectivity index (χ4v) is 4.00. The molecule has 1 aromatic rings. The first-order valence-electron chi connectivity index (χ1n) is 8.07. The number of carboxylic acids is 1. The van der Waals surface area contributed by atoms with Gasteiger partial charge in [-0.1, -0.05) is 12.5 Å². The van der Waals surface area contributed by atoms with Crippen LogP contribution in [0.1, 0.15) is 37.8 Å². The zero-order valence-corrected chi connectivity index (χ0v) is 13.4. The summed E-state index contributed by atoms with van der Waals surface area (Å²) < 4.78 is 26.8. The lowest BCUT2D eigenvalue weighted by Crippen LogP contribution is -2.42. The molecule has 1 aliphatic carbocycles. The highest BCUT2D eigenvalue weighted by molar-refractivity contribution is 5.80. The Morgan fingerprint density at radius 2 is 2.17 bits per heavy atom. The molecule has 1 saturated heterocycles. The number of nitrogens with zero attached hydrogens (tertiary/aromatic N) is 1. The van der Waals surface area contributed by atoms with E-state index < -0.39 is 35.1 Å². The fraction of sp³-hybridized carbons (Fsp3) is 0.529. The summed E-state index contributed by atoms with van der Waals surface area (Å²) in [4.78, 5) is 25.6. The molecule has 24 heavy (non-hydrogen) atoms. The van der Waals surface area contributed by atoms with Crippen molar-refractivity contribution in [1.82, 2.24) is 10.2 Å². The minimum atomic E-state index is -0.849. The Labute approximate surface area is 138 Å². The monoisotopic (exact) mass is 338 g/mol. The number of carbonyl (C=O) groups is 2. The number of halogens is 2. The van der Waals surface area contributed by atoms with Crippen molar-refractivity contribution < 1.29 is 23.5 Å². The average Bonchev–Trinajstić information content (AvgIpc) is 3.04. The highest BCUT2D eigenvalue weighted by atomic mass is 19.1. The summed E-state index contributed by atoms with van der Waals surface area (Å²) in [5.41, 5.74) is -0.654. The number of carbonyl (C=O) groups excluding carboxylic acids is 1. The molecule has 2 aliphatic rings. The molecule has 7 heteroatoms. The van der Waals surface area contributed by atoms with E-state index in [-0.39, 0.29) is 18.0 Å². The van der Waals surface area contributed by atoms with Crippen molar-refractivity contribution >= 4 is 12.0 Å². The molecule has 3 rings (SSSR count). The second kappa shape index (κ2) is 6.03. The van der Waals surface area contributed by atoms with Gasteiger partial charge >= 0.3 is 12.0 Å². The van der Waals surface area contributed by atoms with E-state index in [9.17, 15) is 23.5 Å². The largest absolute Gasteiger partial charge is 0.481 e. The second-order valence-electron chi connectivity index (χ2n) is 6.77. The quantitative estimate of drug-likeness (QED) is 0.890. The lowest BCUT2D eigenvalue weighted by atomic mass is 9.81. The first-order chi connectivity index (χ1) is 11.3. The van der Waals surface area contributed by atoms with Crippen LogP contribution in [0.2, 0.25) is 0 Å². The van der Waals surface area contributed by atoms with E-state index in [1.165, 1.54) is 11.0 Å². The van der Waals surface area contributed by atoms with Crippen LogP contribution in [0, 0.1) is 23.0 Å². The van der Waals surface area contributed by atoms with E-state index in [4.69, 9.17) is 0 Å². The Kier molecular flexibility index (Phi) is 4.19. The number of hydrogen-bond acceptors (Lipinski definition) is 2. The Morgan fingerprint density at radius 3 is 2.79 bits per heavy atom. The van der Waals surface area contributed by atoms with E-state index in [0.29, 0.717) is 13.0 Å². The average molecular weight is 338 g/mol. The molecule has 2 amide bonds. The van der Waals surface area contributed by atoms with Crippen molar-refractivity contribution in [2.24, 2.45) is 11.3 Å². The van der Waals surface area contributed by atoms with Gasteiger partial charge in [0.25, 0.3) is 0 Å². The number of likely N-dealkylation sites (tertiary alicyclic amines) is 1. The number of amides is 2. The third-order valence-corrected chi connectivity index (χ3v) is 5.35. The number of urea groups is 1. The molecule has 0 unspecified atom stereocenters. The summed E-state index contributed by atoms with van der Waals surface area (Å²) >= 11 is 0. The topological polar surface area (TPSA) is 69.6 Å². The maximum Gasteiger partial charge on any atom is 0.317 e. The molecule has 1 aromatic carbocycles. The highest BCUT2D eigenvalue weighted by Crippen LogP contribution is 2.48. The van der Waals surface area contributed by atoms with Crippen LogP contribution < -0.4 is 5.32 Å². The van der Waals surface area contributed by atoms with Gasteiger partial charge in [0, 0.05) is 24.7 Å². The predicted molar refractivity (Wildman–Crippen MR) is 82.3 cm³/mol. The molecular weight excluding hydrogens is 318 g/mol. The molecule has 3 atom stereocenters. The molecule has 1 heterocycles. The van der Waals surface area contributed by atoms with E-state index in [0.717, 1.165) is 25.0 Å². The number of benzene rings is 1. The van der Waals surface area contributed by atoms with Gasteiger partial charge in [-0.2, -0.15) is 0 Å². The molecule has 2 N–H and O–H groups in total. The molecule has 0 aromatic heterocycles. The third-order valence-electron chi connectivity index (χ3n) is 5.35. The third kappa shape index (κ3) is 2.72. The molecule has 130 valence electrons. The molecule has 0 radical (unpaired) electrons. The SMILES string of the molecule is C[C@H](NC(=O)N1C[C@@H]2CCC[C@@]2(C(=O)O)C1)c1ccc(F)cc1F. The van der Waals surface area contributed by atoms with Gasteiger partial charge in [-0.15, -0.1) is 0 Å². The van der Waals surface area contributed by atoms with Crippen LogP contribution in [-0.4, -0.2) is 35.1 Å². The van der Waals surface area contributed by atoms with Gasteiger partial charge in [-0.25, -0.2) is 13.6 Å². The molecule has 0 bridgehead atoms. The van der Waals surface area contributed by atoms with E-state index in [1.807, 2.05) is 0 Å². The van der Waals surface area contributed by atoms with Crippen molar-refractivity contribution in [2.75, 3.05) is 13.1 Å². The van der Waals surface area contributed by atoms with Crippen LogP contribution in [-0.2, 0) is 4.79 Å². The van der Waals surface area contributed by atoms with Crippen LogP contribution in [0.25, 0.3) is 0 Å². The van der Waals surface area contributed by atoms with Crippen molar-refractivity contribution in [1.29, 1.82) is 0 Å². The lowest BCUT2D eigenvalue weighted by molar-refractivity contribution is -0.149. The summed E-state index contributed by atoms with van der Waals surface area (Å²) in [5.74, 6) is -2.27. The van der Waals surface area contributed by atoms with E-state index in [1.54, 1.807) is 6.92 Å². The summed E-state index contributed by atoms with van der Waals surface area (Å²) in [7, 11) is 0. The smallest absolute Gasteiger partial charge is 0.317 e. The molecular formula is C17H20F2N2O3. The lowest BCUT2D eigenvalue weighted by Gasteiger charge is -2.24. The van der Waals surface area contributed by atoms with Gasteiger partial charge in [0.1, 0.15) is 11.6 Å². The minimum absolute atomic E-state index is 0.0291. The van der Waals surface area contributed by atoms with Crippen LogP contribution in [0.5, 0.6) is 0 Å². The van der Waals surface area contributed by atoms with Gasteiger partial charge in [0.2, 0.25) is 0 Å². The number of hydrogen-bond donors (Lipinski definition) is 2. The van der Waals surface area contributed by atoms with Gasteiger partial charge in [0.05, 0.1) is 11.5 Å². The predicted octanol–water partition coefficient (Wildman–Crippen LogP) is 2.92. The standard InChI is InChI=1S/C17H20F2N2O3/c1-10(13-5-4-12(18)7-14(13)19)20-16(24)21-8-11-3-2-6-17(11,9-21)15(22)23/h4-5,7,10-11H,2-3,6,8-9H2,1H3,(H,20,24)(H,22,23)/t10-,11-,17+/m0/s1. The minimum Gasteiger partial charge on any atom is -0.481 e. The van der Waals surface area contributed by atoms with Gasteiger partial charge < -0.3 is 15.3 Å². The first-order valence-corrected chi connectivity index (χ1v) is 8.07. The number of aliphatic carboxylic acids is 1. The van der Waals surface area contributed by atoms with Crippen LogP contribution in [0.15, 0.2) is 18.2 Å². The number of fused-ring (bicyclic) bond motifs is 1. The Bertz CT molecular complexity index is 682. The maximum atomic E-state index is 13.8.